The lowest BCUT2D eigenvalue weighted by atomic mass is 9.99. The highest BCUT2D eigenvalue weighted by Crippen LogP contribution is 2.29. The van der Waals surface area contributed by atoms with Gasteiger partial charge in [-0.05, 0) is 49.3 Å². The molecule has 110 valence electrons. The van der Waals surface area contributed by atoms with Crippen LogP contribution in [-0.2, 0) is 6.42 Å². The Bertz CT molecular complexity index is 421. The molecule has 0 saturated heterocycles. The average molecular weight is 276 g/mol. The van der Waals surface area contributed by atoms with E-state index in [1.807, 2.05) is 18.2 Å². The third-order valence-corrected chi connectivity index (χ3v) is 4.19. The van der Waals surface area contributed by atoms with Gasteiger partial charge in [-0.1, -0.05) is 50.0 Å². The first-order valence-corrected chi connectivity index (χ1v) is 7.83. The second-order valence-electron chi connectivity index (χ2n) is 5.89. The van der Waals surface area contributed by atoms with Crippen molar-refractivity contribution in [2.24, 2.45) is 5.92 Å². The smallest absolute Gasteiger partial charge is 0.123 e. The zero-order chi connectivity index (χ0) is 14.2. The number of aryl methyl sites for hydroxylation is 1. The first-order valence-electron chi connectivity index (χ1n) is 7.83. The molecule has 1 N–H and O–H groups in total. The van der Waals surface area contributed by atoms with E-state index in [9.17, 15) is 9.50 Å². The molecule has 1 atom stereocenters. The maximum Gasteiger partial charge on any atom is 0.123 e. The summed E-state index contributed by atoms with van der Waals surface area (Å²) in [6.07, 6.45) is 12.7. The minimum absolute atomic E-state index is 0.178. The fraction of sp³-hybridized carbons (Fsp3) is 0.556. The van der Waals surface area contributed by atoms with Crippen LogP contribution in [0.3, 0.4) is 0 Å². The molecule has 1 aliphatic carbocycles. The van der Waals surface area contributed by atoms with Gasteiger partial charge in [-0.15, -0.1) is 0 Å². The number of aliphatic hydroxyl groups is 1. The molecule has 0 radical (unpaired) electrons. The lowest BCUT2D eigenvalue weighted by Gasteiger charge is -2.10. The van der Waals surface area contributed by atoms with Crippen LogP contribution in [0, 0.1) is 11.7 Å². The van der Waals surface area contributed by atoms with E-state index in [2.05, 4.69) is 0 Å². The molecule has 1 fully saturated rings. The molecule has 0 heterocycles. The van der Waals surface area contributed by atoms with Crippen LogP contribution < -0.4 is 0 Å². The summed E-state index contributed by atoms with van der Waals surface area (Å²) >= 11 is 0. The summed E-state index contributed by atoms with van der Waals surface area (Å²) < 4.78 is 13.0. The van der Waals surface area contributed by atoms with Crippen LogP contribution in [-0.4, -0.2) is 11.2 Å². The molecular formula is C18H25FO. The molecule has 1 aromatic rings. The molecule has 1 aromatic carbocycles. The van der Waals surface area contributed by atoms with Gasteiger partial charge in [0.1, 0.15) is 5.82 Å². The number of rotatable bonds is 7. The Morgan fingerprint density at radius 3 is 2.85 bits per heavy atom. The fourth-order valence-electron chi connectivity index (χ4n) is 3.00. The van der Waals surface area contributed by atoms with Crippen molar-refractivity contribution >= 4 is 0 Å². The molecule has 0 spiro atoms. The summed E-state index contributed by atoms with van der Waals surface area (Å²) in [7, 11) is 0. The summed E-state index contributed by atoms with van der Waals surface area (Å²) in [5.41, 5.74) is 1.01. The summed E-state index contributed by atoms with van der Waals surface area (Å²) in [4.78, 5) is 0. The minimum Gasteiger partial charge on any atom is -0.389 e. The number of benzene rings is 1. The van der Waals surface area contributed by atoms with E-state index < -0.39 is 0 Å². The van der Waals surface area contributed by atoms with Crippen molar-refractivity contribution < 1.29 is 9.50 Å². The van der Waals surface area contributed by atoms with Crippen molar-refractivity contribution in [3.8, 4) is 0 Å². The van der Waals surface area contributed by atoms with Crippen LogP contribution in [0.2, 0.25) is 0 Å². The van der Waals surface area contributed by atoms with Gasteiger partial charge < -0.3 is 5.11 Å². The standard InChI is InChI=1S/C18H25FO/c19-17-10-5-9-16(14-17)8-3-4-11-18(20)13-12-15-6-1-2-7-15/h4-5,9-11,14-15,18,20H,1-3,6-8,12-13H2/b11-4+. The molecule has 0 amide bonds. The van der Waals surface area contributed by atoms with E-state index >= 15 is 0 Å². The van der Waals surface area contributed by atoms with E-state index in [1.165, 1.54) is 31.7 Å². The van der Waals surface area contributed by atoms with Crippen molar-refractivity contribution in [3.05, 3.63) is 47.8 Å². The predicted octanol–water partition coefficient (Wildman–Crippen LogP) is 4.65. The highest BCUT2D eigenvalue weighted by molar-refractivity contribution is 5.16. The summed E-state index contributed by atoms with van der Waals surface area (Å²) in [5.74, 6) is 0.661. The molecular weight excluding hydrogens is 251 g/mol. The number of halogens is 1. The number of allylic oxidation sites excluding steroid dienone is 1. The molecule has 1 unspecified atom stereocenters. The Morgan fingerprint density at radius 2 is 2.10 bits per heavy atom. The van der Waals surface area contributed by atoms with Crippen molar-refractivity contribution in [1.82, 2.24) is 0 Å². The van der Waals surface area contributed by atoms with Crippen LogP contribution in [0.1, 0.15) is 50.5 Å². The molecule has 1 nitrogen and oxygen atoms in total. The first kappa shape index (κ1) is 15.2. The minimum atomic E-state index is -0.317. The van der Waals surface area contributed by atoms with E-state index in [-0.39, 0.29) is 11.9 Å². The Hall–Kier alpha value is -1.15. The normalized spacial score (nSPS) is 17.9. The average Bonchev–Trinajstić information content (AvgIpc) is 2.95. The van der Waals surface area contributed by atoms with Crippen molar-refractivity contribution in [3.63, 3.8) is 0 Å². The van der Waals surface area contributed by atoms with Crippen LogP contribution in [0.25, 0.3) is 0 Å². The third kappa shape index (κ3) is 5.46. The maximum absolute atomic E-state index is 13.0. The molecule has 0 aromatic heterocycles. The molecule has 2 rings (SSSR count). The first-order chi connectivity index (χ1) is 9.74. The molecule has 2 heteroatoms. The molecule has 0 aliphatic heterocycles. The predicted molar refractivity (Wildman–Crippen MR) is 81.1 cm³/mol. The van der Waals surface area contributed by atoms with Gasteiger partial charge in [0.15, 0.2) is 0 Å². The second-order valence-corrected chi connectivity index (χ2v) is 5.89. The fourth-order valence-corrected chi connectivity index (χ4v) is 3.00. The zero-order valence-electron chi connectivity index (χ0n) is 12.1. The Morgan fingerprint density at radius 1 is 1.30 bits per heavy atom. The number of hydrogen-bond donors (Lipinski definition) is 1. The quantitative estimate of drug-likeness (QED) is 0.719. The summed E-state index contributed by atoms with van der Waals surface area (Å²) in [6, 6.07) is 6.72. The van der Waals surface area contributed by atoms with Crippen molar-refractivity contribution in [2.75, 3.05) is 0 Å². The maximum atomic E-state index is 13.0. The Labute approximate surface area is 121 Å². The third-order valence-electron chi connectivity index (χ3n) is 4.19. The summed E-state index contributed by atoms with van der Waals surface area (Å²) in [6.45, 7) is 0. The lowest BCUT2D eigenvalue weighted by Crippen LogP contribution is -2.05. The van der Waals surface area contributed by atoms with Crippen LogP contribution in [0.15, 0.2) is 36.4 Å². The Balaban J connectivity index is 1.62. The van der Waals surface area contributed by atoms with E-state index in [1.54, 1.807) is 12.1 Å². The van der Waals surface area contributed by atoms with Gasteiger partial charge in [0, 0.05) is 0 Å². The van der Waals surface area contributed by atoms with Gasteiger partial charge >= 0.3 is 0 Å². The summed E-state index contributed by atoms with van der Waals surface area (Å²) in [5, 5.41) is 9.90. The molecule has 0 bridgehead atoms. The van der Waals surface area contributed by atoms with E-state index in [0.717, 1.165) is 37.2 Å². The topological polar surface area (TPSA) is 20.2 Å². The zero-order valence-corrected chi connectivity index (χ0v) is 12.1. The number of aliphatic hydroxyl groups excluding tert-OH is 1. The van der Waals surface area contributed by atoms with Crippen molar-refractivity contribution in [2.45, 2.75) is 57.5 Å². The van der Waals surface area contributed by atoms with Gasteiger partial charge in [-0.25, -0.2) is 4.39 Å². The van der Waals surface area contributed by atoms with Gasteiger partial charge in [0.05, 0.1) is 6.10 Å². The highest BCUT2D eigenvalue weighted by Gasteiger charge is 2.15. The Kier molecular flexibility index (Phi) is 6.25. The lowest BCUT2D eigenvalue weighted by molar-refractivity contribution is 0.200. The van der Waals surface area contributed by atoms with Crippen LogP contribution in [0.5, 0.6) is 0 Å². The van der Waals surface area contributed by atoms with Gasteiger partial charge in [-0.2, -0.15) is 0 Å². The largest absolute Gasteiger partial charge is 0.389 e. The van der Waals surface area contributed by atoms with E-state index in [4.69, 9.17) is 0 Å². The molecule has 20 heavy (non-hydrogen) atoms. The van der Waals surface area contributed by atoms with Crippen molar-refractivity contribution in [1.29, 1.82) is 0 Å². The van der Waals surface area contributed by atoms with Crippen LogP contribution >= 0.6 is 0 Å². The van der Waals surface area contributed by atoms with E-state index in [0.29, 0.717) is 0 Å². The number of hydrogen-bond acceptors (Lipinski definition) is 1. The van der Waals surface area contributed by atoms with Gasteiger partial charge in [0.2, 0.25) is 0 Å². The molecule has 1 aliphatic rings. The SMILES string of the molecule is OC(/C=C/CCc1cccc(F)c1)CCC1CCCC1. The van der Waals surface area contributed by atoms with Crippen LogP contribution in [0.4, 0.5) is 4.39 Å². The second kappa shape index (κ2) is 8.21. The van der Waals surface area contributed by atoms with Gasteiger partial charge in [0.25, 0.3) is 0 Å². The van der Waals surface area contributed by atoms with Gasteiger partial charge in [-0.3, -0.25) is 0 Å². The molecule has 1 saturated carbocycles. The monoisotopic (exact) mass is 276 g/mol. The highest BCUT2D eigenvalue weighted by atomic mass is 19.1.